The van der Waals surface area contributed by atoms with Gasteiger partial charge in [0.2, 0.25) is 0 Å². The van der Waals surface area contributed by atoms with Crippen molar-refractivity contribution in [1.82, 2.24) is 9.55 Å². The van der Waals surface area contributed by atoms with E-state index in [0.717, 1.165) is 6.42 Å². The first kappa shape index (κ1) is 9.92. The SMILES string of the molecule is CCCC(O)Cn1cnccc1=O. The Bertz CT molecular complexity index is 308. The Balaban J connectivity index is 2.63. The van der Waals surface area contributed by atoms with Crippen LogP contribution in [0.2, 0.25) is 0 Å². The molecule has 4 heteroatoms. The summed E-state index contributed by atoms with van der Waals surface area (Å²) in [6.07, 6.45) is 4.07. The van der Waals surface area contributed by atoms with Crippen molar-refractivity contribution in [3.8, 4) is 0 Å². The molecule has 4 nitrogen and oxygen atoms in total. The van der Waals surface area contributed by atoms with Crippen molar-refractivity contribution < 1.29 is 5.11 Å². The molecule has 13 heavy (non-hydrogen) atoms. The van der Waals surface area contributed by atoms with E-state index < -0.39 is 6.10 Å². The minimum Gasteiger partial charge on any atom is -0.391 e. The maximum atomic E-state index is 11.2. The molecule has 0 aliphatic heterocycles. The molecule has 0 radical (unpaired) electrons. The van der Waals surface area contributed by atoms with Crippen molar-refractivity contribution in [3.63, 3.8) is 0 Å². The maximum absolute atomic E-state index is 11.2. The van der Waals surface area contributed by atoms with Crippen LogP contribution < -0.4 is 5.56 Å². The molecule has 0 spiro atoms. The number of aromatic nitrogens is 2. The summed E-state index contributed by atoms with van der Waals surface area (Å²) in [6, 6.07) is 1.39. The maximum Gasteiger partial charge on any atom is 0.253 e. The van der Waals surface area contributed by atoms with E-state index in [1.807, 2.05) is 6.92 Å². The van der Waals surface area contributed by atoms with Crippen LogP contribution in [0.15, 0.2) is 23.4 Å². The van der Waals surface area contributed by atoms with Gasteiger partial charge in [0, 0.05) is 12.3 Å². The van der Waals surface area contributed by atoms with Crippen LogP contribution in [0.4, 0.5) is 0 Å². The Morgan fingerprint density at radius 2 is 2.46 bits per heavy atom. The van der Waals surface area contributed by atoms with Crippen molar-refractivity contribution in [2.75, 3.05) is 0 Å². The summed E-state index contributed by atoms with van der Waals surface area (Å²) in [5, 5.41) is 9.44. The zero-order valence-electron chi connectivity index (χ0n) is 7.68. The molecule has 0 bridgehead atoms. The zero-order chi connectivity index (χ0) is 9.68. The van der Waals surface area contributed by atoms with Gasteiger partial charge in [-0.3, -0.25) is 9.36 Å². The molecule has 0 aliphatic rings. The standard InChI is InChI=1S/C9H14N2O2/c1-2-3-8(12)6-11-7-10-5-4-9(11)13/h4-5,7-8,12H,2-3,6H2,1H3. The van der Waals surface area contributed by atoms with Crippen LogP contribution in [0.1, 0.15) is 19.8 Å². The summed E-state index contributed by atoms with van der Waals surface area (Å²) in [4.78, 5) is 15.0. The van der Waals surface area contributed by atoms with E-state index in [1.54, 1.807) is 0 Å². The van der Waals surface area contributed by atoms with Crippen molar-refractivity contribution in [2.24, 2.45) is 0 Å². The molecule has 1 aromatic rings. The van der Waals surface area contributed by atoms with E-state index in [4.69, 9.17) is 0 Å². The van der Waals surface area contributed by atoms with Crippen molar-refractivity contribution in [1.29, 1.82) is 0 Å². The van der Waals surface area contributed by atoms with Crippen LogP contribution in [-0.4, -0.2) is 20.8 Å². The van der Waals surface area contributed by atoms with Gasteiger partial charge in [0.05, 0.1) is 19.0 Å². The van der Waals surface area contributed by atoms with Gasteiger partial charge in [-0.2, -0.15) is 0 Å². The molecular weight excluding hydrogens is 168 g/mol. The van der Waals surface area contributed by atoms with Crippen molar-refractivity contribution in [3.05, 3.63) is 28.9 Å². The quantitative estimate of drug-likeness (QED) is 0.733. The number of rotatable bonds is 4. The van der Waals surface area contributed by atoms with Gasteiger partial charge in [0.1, 0.15) is 0 Å². The summed E-state index contributed by atoms with van der Waals surface area (Å²) >= 11 is 0. The van der Waals surface area contributed by atoms with Crippen LogP contribution in [0, 0.1) is 0 Å². The van der Waals surface area contributed by atoms with Crippen LogP contribution in [0.3, 0.4) is 0 Å². The molecule has 0 aromatic carbocycles. The van der Waals surface area contributed by atoms with Gasteiger partial charge in [-0.05, 0) is 6.42 Å². The molecule has 1 aromatic heterocycles. The van der Waals surface area contributed by atoms with Gasteiger partial charge in [-0.1, -0.05) is 13.3 Å². The first-order valence-electron chi connectivity index (χ1n) is 4.42. The lowest BCUT2D eigenvalue weighted by molar-refractivity contribution is 0.142. The lowest BCUT2D eigenvalue weighted by Gasteiger charge is -2.10. The molecule has 1 rings (SSSR count). The molecular formula is C9H14N2O2. The predicted octanol–water partition coefficient (Wildman–Crippen LogP) is 0.404. The Kier molecular flexibility index (Phi) is 3.64. The molecule has 0 fully saturated rings. The highest BCUT2D eigenvalue weighted by molar-refractivity contribution is 4.82. The Labute approximate surface area is 76.9 Å². The fourth-order valence-corrected chi connectivity index (χ4v) is 1.17. The molecule has 1 atom stereocenters. The van der Waals surface area contributed by atoms with Crippen LogP contribution in [0.25, 0.3) is 0 Å². The second-order valence-corrected chi connectivity index (χ2v) is 3.01. The lowest BCUT2D eigenvalue weighted by atomic mass is 10.2. The monoisotopic (exact) mass is 182 g/mol. The number of hydrogen-bond donors (Lipinski definition) is 1. The molecule has 0 aliphatic carbocycles. The fraction of sp³-hybridized carbons (Fsp3) is 0.556. The second-order valence-electron chi connectivity index (χ2n) is 3.01. The number of aliphatic hydroxyl groups is 1. The van der Waals surface area contributed by atoms with Gasteiger partial charge < -0.3 is 5.11 Å². The van der Waals surface area contributed by atoms with Gasteiger partial charge in [-0.15, -0.1) is 0 Å². The molecule has 1 N–H and O–H groups in total. The van der Waals surface area contributed by atoms with E-state index >= 15 is 0 Å². The molecule has 1 unspecified atom stereocenters. The largest absolute Gasteiger partial charge is 0.391 e. The Morgan fingerprint density at radius 1 is 1.69 bits per heavy atom. The predicted molar refractivity (Wildman–Crippen MR) is 49.4 cm³/mol. The molecule has 0 saturated carbocycles. The third-order valence-electron chi connectivity index (χ3n) is 1.82. The van der Waals surface area contributed by atoms with E-state index in [0.29, 0.717) is 13.0 Å². The van der Waals surface area contributed by atoms with E-state index in [2.05, 4.69) is 4.98 Å². The summed E-state index contributed by atoms with van der Waals surface area (Å²) in [5.41, 5.74) is -0.120. The third kappa shape index (κ3) is 2.99. The molecule has 72 valence electrons. The molecule has 0 amide bonds. The van der Waals surface area contributed by atoms with Crippen LogP contribution >= 0.6 is 0 Å². The lowest BCUT2D eigenvalue weighted by Crippen LogP contribution is -2.25. The first-order chi connectivity index (χ1) is 6.24. The average molecular weight is 182 g/mol. The molecule has 1 heterocycles. The highest BCUT2D eigenvalue weighted by atomic mass is 16.3. The Morgan fingerprint density at radius 3 is 3.08 bits per heavy atom. The van der Waals surface area contributed by atoms with Gasteiger partial charge >= 0.3 is 0 Å². The van der Waals surface area contributed by atoms with Crippen molar-refractivity contribution >= 4 is 0 Å². The zero-order valence-corrected chi connectivity index (χ0v) is 7.68. The van der Waals surface area contributed by atoms with Gasteiger partial charge in [-0.25, -0.2) is 4.98 Å². The van der Waals surface area contributed by atoms with E-state index in [9.17, 15) is 9.90 Å². The second kappa shape index (κ2) is 4.77. The minimum absolute atomic E-state index is 0.120. The van der Waals surface area contributed by atoms with E-state index in [1.165, 1.54) is 23.2 Å². The Hall–Kier alpha value is -1.16. The summed E-state index contributed by atoms with van der Waals surface area (Å²) in [6.45, 7) is 2.33. The topological polar surface area (TPSA) is 55.1 Å². The number of hydrogen-bond acceptors (Lipinski definition) is 3. The minimum atomic E-state index is -0.452. The van der Waals surface area contributed by atoms with E-state index in [-0.39, 0.29) is 5.56 Å². The fourth-order valence-electron chi connectivity index (χ4n) is 1.17. The first-order valence-corrected chi connectivity index (χ1v) is 4.42. The average Bonchev–Trinajstić information content (AvgIpc) is 2.09. The molecule has 0 saturated heterocycles. The number of aliphatic hydroxyl groups excluding tert-OH is 1. The van der Waals surface area contributed by atoms with Gasteiger partial charge in [0.25, 0.3) is 5.56 Å². The normalized spacial score (nSPS) is 12.8. The highest BCUT2D eigenvalue weighted by Gasteiger charge is 2.04. The smallest absolute Gasteiger partial charge is 0.253 e. The van der Waals surface area contributed by atoms with Crippen LogP contribution in [-0.2, 0) is 6.54 Å². The van der Waals surface area contributed by atoms with Gasteiger partial charge in [0.15, 0.2) is 0 Å². The van der Waals surface area contributed by atoms with Crippen LogP contribution in [0.5, 0.6) is 0 Å². The summed E-state index contributed by atoms with van der Waals surface area (Å²) in [5.74, 6) is 0. The summed E-state index contributed by atoms with van der Waals surface area (Å²) in [7, 11) is 0. The number of nitrogens with zero attached hydrogens (tertiary/aromatic N) is 2. The van der Waals surface area contributed by atoms with Crippen molar-refractivity contribution in [2.45, 2.75) is 32.4 Å². The third-order valence-corrected chi connectivity index (χ3v) is 1.82. The summed E-state index contributed by atoms with van der Waals surface area (Å²) < 4.78 is 1.42. The highest BCUT2D eigenvalue weighted by Crippen LogP contribution is 1.97.